The van der Waals surface area contributed by atoms with E-state index < -0.39 is 0 Å². The number of hydrogen-bond acceptors (Lipinski definition) is 7. The summed E-state index contributed by atoms with van der Waals surface area (Å²) >= 11 is 1.67. The zero-order chi connectivity index (χ0) is 21.1. The Morgan fingerprint density at radius 2 is 2.03 bits per heavy atom. The van der Waals surface area contributed by atoms with E-state index >= 15 is 0 Å². The average Bonchev–Trinajstić information content (AvgIpc) is 3.48. The number of oxime groups is 1. The second-order valence-electron chi connectivity index (χ2n) is 8.07. The van der Waals surface area contributed by atoms with Crippen molar-refractivity contribution >= 4 is 17.0 Å². The summed E-state index contributed by atoms with van der Waals surface area (Å²) < 4.78 is 5.76. The summed E-state index contributed by atoms with van der Waals surface area (Å²) in [5.41, 5.74) is 4.15. The van der Waals surface area contributed by atoms with Crippen molar-refractivity contribution in [2.75, 3.05) is 19.7 Å². The molecule has 0 atom stereocenters. The molecule has 2 aliphatic rings. The van der Waals surface area contributed by atoms with Crippen LogP contribution in [0.2, 0.25) is 0 Å². The zero-order valence-electron chi connectivity index (χ0n) is 17.7. The molecule has 7 heteroatoms. The fourth-order valence-electron chi connectivity index (χ4n) is 4.34. The summed E-state index contributed by atoms with van der Waals surface area (Å²) in [6.45, 7) is 5.50. The second-order valence-corrected chi connectivity index (χ2v) is 8.96. The predicted octanol–water partition coefficient (Wildman–Crippen LogP) is 4.76. The van der Waals surface area contributed by atoms with Gasteiger partial charge in [0, 0.05) is 62.2 Å². The van der Waals surface area contributed by atoms with Gasteiger partial charge in [0.2, 0.25) is 0 Å². The molecule has 0 amide bonds. The molecule has 2 aliphatic heterocycles. The Labute approximate surface area is 186 Å². The standard InChI is InChI=1S/C24H26N4O2S/c1-2-29-19-6-7-20(23-26-11-14-31-23)18(15-19)17-28-12-8-24(9-13-28)16-22(27-30-24)21-5-3-4-10-25-21/h3-7,10-11,14-15H,2,8-9,12-13,16-17H2,1H3. The molecule has 1 aromatic carbocycles. The van der Waals surface area contributed by atoms with Gasteiger partial charge in [0.25, 0.3) is 0 Å². The Morgan fingerprint density at radius 3 is 2.77 bits per heavy atom. The number of likely N-dealkylation sites (tertiary alicyclic amines) is 1. The summed E-state index contributed by atoms with van der Waals surface area (Å²) in [7, 11) is 0. The van der Waals surface area contributed by atoms with Crippen molar-refractivity contribution in [3.8, 4) is 16.3 Å². The number of rotatable bonds is 6. The lowest BCUT2D eigenvalue weighted by atomic mass is 9.86. The van der Waals surface area contributed by atoms with E-state index in [4.69, 9.17) is 9.57 Å². The van der Waals surface area contributed by atoms with Gasteiger partial charge in [-0.3, -0.25) is 9.88 Å². The zero-order valence-corrected chi connectivity index (χ0v) is 18.5. The Hall–Kier alpha value is -2.77. The topological polar surface area (TPSA) is 59.8 Å². The van der Waals surface area contributed by atoms with Crippen LogP contribution in [0.5, 0.6) is 5.75 Å². The first-order chi connectivity index (χ1) is 15.2. The van der Waals surface area contributed by atoms with Crippen LogP contribution < -0.4 is 4.74 Å². The molecule has 0 unspecified atom stereocenters. The van der Waals surface area contributed by atoms with E-state index in [0.29, 0.717) is 6.61 Å². The molecule has 0 N–H and O–H groups in total. The Kier molecular flexibility index (Phi) is 5.70. The smallest absolute Gasteiger partial charge is 0.145 e. The highest BCUT2D eigenvalue weighted by Gasteiger charge is 2.42. The molecule has 160 valence electrons. The monoisotopic (exact) mass is 434 g/mol. The van der Waals surface area contributed by atoms with Crippen molar-refractivity contribution in [2.45, 2.75) is 38.3 Å². The highest BCUT2D eigenvalue weighted by molar-refractivity contribution is 7.13. The van der Waals surface area contributed by atoms with Gasteiger partial charge in [0.15, 0.2) is 0 Å². The van der Waals surface area contributed by atoms with Gasteiger partial charge in [0.05, 0.1) is 12.3 Å². The van der Waals surface area contributed by atoms with Gasteiger partial charge in [-0.1, -0.05) is 11.2 Å². The number of piperidine rings is 1. The number of pyridine rings is 1. The summed E-state index contributed by atoms with van der Waals surface area (Å²) in [6.07, 6.45) is 6.43. The van der Waals surface area contributed by atoms with E-state index in [1.165, 1.54) is 11.1 Å². The lowest BCUT2D eigenvalue weighted by molar-refractivity contribution is -0.0626. The Bertz CT molecular complexity index is 1040. The van der Waals surface area contributed by atoms with E-state index in [1.54, 1.807) is 11.3 Å². The van der Waals surface area contributed by atoms with Crippen LogP contribution >= 0.6 is 11.3 Å². The molecule has 4 heterocycles. The molecule has 3 aromatic rings. The third-order valence-corrected chi connectivity index (χ3v) is 6.82. The first-order valence-corrected chi connectivity index (χ1v) is 11.7. The van der Waals surface area contributed by atoms with Gasteiger partial charge >= 0.3 is 0 Å². The van der Waals surface area contributed by atoms with E-state index in [-0.39, 0.29) is 5.60 Å². The SMILES string of the molecule is CCOc1ccc(-c2nccs2)c(CN2CCC3(CC2)CC(c2ccccn2)=NO3)c1. The summed E-state index contributed by atoms with van der Waals surface area (Å²) in [4.78, 5) is 17.4. The van der Waals surface area contributed by atoms with Crippen molar-refractivity contribution in [3.63, 3.8) is 0 Å². The highest BCUT2D eigenvalue weighted by atomic mass is 32.1. The predicted molar refractivity (Wildman–Crippen MR) is 122 cm³/mol. The molecule has 31 heavy (non-hydrogen) atoms. The Morgan fingerprint density at radius 1 is 1.13 bits per heavy atom. The molecular weight excluding hydrogens is 408 g/mol. The van der Waals surface area contributed by atoms with Gasteiger partial charge in [0.1, 0.15) is 22.1 Å². The van der Waals surface area contributed by atoms with Crippen LogP contribution in [0.25, 0.3) is 10.6 Å². The molecule has 0 aliphatic carbocycles. The largest absolute Gasteiger partial charge is 0.494 e. The second kappa shape index (κ2) is 8.77. The van der Waals surface area contributed by atoms with Crippen LogP contribution in [0.15, 0.2) is 59.3 Å². The van der Waals surface area contributed by atoms with E-state index in [0.717, 1.165) is 61.1 Å². The summed E-state index contributed by atoms with van der Waals surface area (Å²) in [6, 6.07) is 12.3. The van der Waals surface area contributed by atoms with Crippen molar-refractivity contribution in [3.05, 3.63) is 65.4 Å². The van der Waals surface area contributed by atoms with Crippen LogP contribution in [0.1, 0.15) is 37.4 Å². The fraction of sp³-hybridized carbons (Fsp3) is 0.375. The van der Waals surface area contributed by atoms with Crippen LogP contribution in [-0.4, -0.2) is 45.9 Å². The molecule has 0 radical (unpaired) electrons. The maximum Gasteiger partial charge on any atom is 0.145 e. The molecule has 1 saturated heterocycles. The fourth-order valence-corrected chi connectivity index (χ4v) is 5.04. The number of nitrogens with zero attached hydrogens (tertiary/aromatic N) is 4. The molecule has 5 rings (SSSR count). The number of thiazole rings is 1. The van der Waals surface area contributed by atoms with Crippen LogP contribution in [0.3, 0.4) is 0 Å². The van der Waals surface area contributed by atoms with Gasteiger partial charge in [-0.05, 0) is 42.8 Å². The van der Waals surface area contributed by atoms with E-state index in [9.17, 15) is 0 Å². The minimum absolute atomic E-state index is 0.186. The van der Waals surface area contributed by atoms with Crippen molar-refractivity contribution in [1.29, 1.82) is 0 Å². The highest BCUT2D eigenvalue weighted by Crippen LogP contribution is 2.37. The van der Waals surface area contributed by atoms with Crippen molar-refractivity contribution < 1.29 is 9.57 Å². The molecule has 6 nitrogen and oxygen atoms in total. The minimum Gasteiger partial charge on any atom is -0.494 e. The number of hydrogen-bond donors (Lipinski definition) is 0. The van der Waals surface area contributed by atoms with Crippen molar-refractivity contribution in [1.82, 2.24) is 14.9 Å². The van der Waals surface area contributed by atoms with Gasteiger partial charge in [-0.15, -0.1) is 11.3 Å². The maximum absolute atomic E-state index is 5.97. The van der Waals surface area contributed by atoms with Crippen LogP contribution in [0, 0.1) is 0 Å². The first-order valence-electron chi connectivity index (χ1n) is 10.8. The lowest BCUT2D eigenvalue weighted by Gasteiger charge is -2.37. The van der Waals surface area contributed by atoms with E-state index in [1.807, 2.05) is 49.0 Å². The van der Waals surface area contributed by atoms with Crippen molar-refractivity contribution in [2.24, 2.45) is 5.16 Å². The molecule has 0 saturated carbocycles. The molecular formula is C24H26N4O2S. The van der Waals surface area contributed by atoms with E-state index in [2.05, 4.69) is 32.2 Å². The first kappa shape index (κ1) is 20.2. The average molecular weight is 435 g/mol. The third kappa shape index (κ3) is 4.34. The quantitative estimate of drug-likeness (QED) is 0.560. The van der Waals surface area contributed by atoms with Crippen LogP contribution in [0.4, 0.5) is 0 Å². The lowest BCUT2D eigenvalue weighted by Crippen LogP contribution is -2.44. The number of benzene rings is 1. The van der Waals surface area contributed by atoms with Gasteiger partial charge in [-0.25, -0.2) is 4.98 Å². The molecule has 1 spiro atoms. The van der Waals surface area contributed by atoms with Gasteiger partial charge in [-0.2, -0.15) is 0 Å². The maximum atomic E-state index is 5.97. The Balaban J connectivity index is 1.26. The number of aromatic nitrogens is 2. The summed E-state index contributed by atoms with van der Waals surface area (Å²) in [5, 5.41) is 7.46. The molecule has 1 fully saturated rings. The summed E-state index contributed by atoms with van der Waals surface area (Å²) in [5.74, 6) is 0.916. The van der Waals surface area contributed by atoms with Crippen LogP contribution in [-0.2, 0) is 11.4 Å². The van der Waals surface area contributed by atoms with Gasteiger partial charge < -0.3 is 9.57 Å². The molecule has 2 aromatic heterocycles. The molecule has 0 bridgehead atoms. The minimum atomic E-state index is -0.186. The normalized spacial score (nSPS) is 18.0. The third-order valence-electron chi connectivity index (χ3n) is 6.01. The number of ether oxygens (including phenoxy) is 1.